The lowest BCUT2D eigenvalue weighted by atomic mass is 10.3. The van der Waals surface area contributed by atoms with Gasteiger partial charge in [-0.25, -0.2) is 0 Å². The molecule has 0 aliphatic rings. The summed E-state index contributed by atoms with van der Waals surface area (Å²) in [5.74, 6) is -0.554. The molecule has 0 unspecified atom stereocenters. The van der Waals surface area contributed by atoms with Gasteiger partial charge >= 0.3 is 0 Å². The first-order chi connectivity index (χ1) is 8.06. The van der Waals surface area contributed by atoms with Crippen LogP contribution in [0.5, 0.6) is 0 Å². The van der Waals surface area contributed by atoms with Crippen LogP contribution in [-0.2, 0) is 6.54 Å². The van der Waals surface area contributed by atoms with E-state index in [1.54, 1.807) is 12.3 Å². The molecule has 1 heterocycles. The normalized spacial score (nSPS) is 12.9. The van der Waals surface area contributed by atoms with Gasteiger partial charge in [-0.15, -0.1) is 0 Å². The van der Waals surface area contributed by atoms with Gasteiger partial charge in [-0.2, -0.15) is 5.10 Å². The Morgan fingerprint density at radius 2 is 2.24 bits per heavy atom. The molecule has 0 radical (unpaired) electrons. The highest BCUT2D eigenvalue weighted by molar-refractivity contribution is 5.90. The smallest absolute Gasteiger partial charge is 0.269 e. The molecule has 0 aliphatic heterocycles. The second kappa shape index (κ2) is 6.36. The fraction of sp³-hybridized carbons (Fsp3) is 0.636. The molecule has 0 saturated carbocycles. The maximum atomic E-state index is 10.8. The van der Waals surface area contributed by atoms with Crippen LogP contribution < -0.4 is 5.73 Å². The number of primary amides is 1. The Kier molecular flexibility index (Phi) is 5.11. The zero-order valence-electron chi connectivity index (χ0n) is 10.3. The summed E-state index contributed by atoms with van der Waals surface area (Å²) in [6.07, 6.45) is 1.14. The Bertz CT molecular complexity index is 360. The number of amides is 1. The van der Waals surface area contributed by atoms with Gasteiger partial charge in [0.05, 0.1) is 12.6 Å². The SMILES string of the molecule is CCN(CC)C[C@H](O)Cn1ccc(C(N)=O)n1. The fourth-order valence-corrected chi connectivity index (χ4v) is 1.65. The Morgan fingerprint density at radius 1 is 1.59 bits per heavy atom. The Hall–Kier alpha value is -1.40. The van der Waals surface area contributed by atoms with Gasteiger partial charge in [0, 0.05) is 12.7 Å². The molecule has 0 saturated heterocycles. The minimum absolute atomic E-state index is 0.222. The van der Waals surface area contributed by atoms with Crippen LogP contribution in [0.1, 0.15) is 24.3 Å². The van der Waals surface area contributed by atoms with E-state index in [9.17, 15) is 9.90 Å². The van der Waals surface area contributed by atoms with Gasteiger partial charge in [-0.1, -0.05) is 13.8 Å². The van der Waals surface area contributed by atoms with E-state index < -0.39 is 12.0 Å². The highest BCUT2D eigenvalue weighted by Gasteiger charge is 2.11. The molecule has 1 atom stereocenters. The van der Waals surface area contributed by atoms with Gasteiger partial charge in [0.1, 0.15) is 5.69 Å². The molecule has 1 amide bonds. The van der Waals surface area contributed by atoms with Crippen molar-refractivity contribution < 1.29 is 9.90 Å². The molecule has 6 heteroatoms. The van der Waals surface area contributed by atoms with Crippen molar-refractivity contribution in [3.8, 4) is 0 Å². The van der Waals surface area contributed by atoms with Crippen molar-refractivity contribution in [2.75, 3.05) is 19.6 Å². The lowest BCUT2D eigenvalue weighted by molar-refractivity contribution is 0.0965. The summed E-state index contributed by atoms with van der Waals surface area (Å²) in [6, 6.07) is 1.55. The van der Waals surface area contributed by atoms with Crippen molar-refractivity contribution in [1.82, 2.24) is 14.7 Å². The number of hydrogen-bond donors (Lipinski definition) is 2. The number of aliphatic hydroxyl groups excluding tert-OH is 1. The van der Waals surface area contributed by atoms with E-state index in [1.165, 1.54) is 4.68 Å². The maximum Gasteiger partial charge on any atom is 0.269 e. The molecule has 1 aromatic heterocycles. The van der Waals surface area contributed by atoms with Gasteiger partial charge in [0.15, 0.2) is 0 Å². The van der Waals surface area contributed by atoms with Crippen LogP contribution in [0.4, 0.5) is 0 Å². The molecule has 0 aromatic carbocycles. The van der Waals surface area contributed by atoms with E-state index in [-0.39, 0.29) is 5.69 Å². The molecule has 96 valence electrons. The number of aromatic nitrogens is 2. The van der Waals surface area contributed by atoms with Crippen LogP contribution in [0, 0.1) is 0 Å². The quantitative estimate of drug-likeness (QED) is 0.684. The summed E-state index contributed by atoms with van der Waals surface area (Å²) in [5.41, 5.74) is 5.32. The third-order valence-corrected chi connectivity index (χ3v) is 2.65. The number of rotatable bonds is 7. The fourth-order valence-electron chi connectivity index (χ4n) is 1.65. The van der Waals surface area contributed by atoms with E-state index in [1.807, 2.05) is 0 Å². The number of carbonyl (C=O) groups excluding carboxylic acids is 1. The van der Waals surface area contributed by atoms with E-state index in [4.69, 9.17) is 5.73 Å². The second-order valence-corrected chi connectivity index (χ2v) is 3.93. The highest BCUT2D eigenvalue weighted by atomic mass is 16.3. The van der Waals surface area contributed by atoms with Crippen LogP contribution in [0.25, 0.3) is 0 Å². The molecule has 3 N–H and O–H groups in total. The zero-order chi connectivity index (χ0) is 12.8. The standard InChI is InChI=1S/C11H20N4O2/c1-3-14(4-2)7-9(16)8-15-6-5-10(13-15)11(12)17/h5-6,9,16H,3-4,7-8H2,1-2H3,(H2,12,17)/t9-/m0/s1. The van der Waals surface area contributed by atoms with E-state index >= 15 is 0 Å². The van der Waals surface area contributed by atoms with Crippen molar-refractivity contribution in [2.45, 2.75) is 26.5 Å². The number of likely N-dealkylation sites (N-methyl/N-ethyl adjacent to an activating group) is 1. The molecule has 0 fully saturated rings. The lowest BCUT2D eigenvalue weighted by Gasteiger charge is -2.21. The predicted molar refractivity (Wildman–Crippen MR) is 64.5 cm³/mol. The summed E-state index contributed by atoms with van der Waals surface area (Å²) in [6.45, 7) is 6.87. The molecule has 0 aliphatic carbocycles. The molecule has 1 aromatic rings. The van der Waals surface area contributed by atoms with Crippen LogP contribution in [-0.4, -0.2) is 51.4 Å². The molecule has 0 bridgehead atoms. The first-order valence-electron chi connectivity index (χ1n) is 5.80. The molecular weight excluding hydrogens is 220 g/mol. The predicted octanol–water partition coefficient (Wildman–Crippen LogP) is -0.315. The van der Waals surface area contributed by atoms with E-state index in [0.717, 1.165) is 13.1 Å². The number of hydrogen-bond acceptors (Lipinski definition) is 4. The number of aliphatic hydroxyl groups is 1. The highest BCUT2D eigenvalue weighted by Crippen LogP contribution is 1.99. The van der Waals surface area contributed by atoms with Crippen molar-refractivity contribution >= 4 is 5.91 Å². The van der Waals surface area contributed by atoms with Crippen LogP contribution >= 0.6 is 0 Å². The summed E-state index contributed by atoms with van der Waals surface area (Å²) in [7, 11) is 0. The van der Waals surface area contributed by atoms with Crippen molar-refractivity contribution in [1.29, 1.82) is 0 Å². The summed E-state index contributed by atoms with van der Waals surface area (Å²) < 4.78 is 1.54. The molecule has 6 nitrogen and oxygen atoms in total. The maximum absolute atomic E-state index is 10.8. The minimum Gasteiger partial charge on any atom is -0.390 e. The Morgan fingerprint density at radius 3 is 2.71 bits per heavy atom. The van der Waals surface area contributed by atoms with Gasteiger partial charge < -0.3 is 15.7 Å². The van der Waals surface area contributed by atoms with Gasteiger partial charge in [0.2, 0.25) is 0 Å². The summed E-state index contributed by atoms with van der Waals surface area (Å²) in [4.78, 5) is 13.0. The van der Waals surface area contributed by atoms with Crippen molar-refractivity contribution in [3.05, 3.63) is 18.0 Å². The summed E-state index contributed by atoms with van der Waals surface area (Å²) in [5, 5.41) is 13.8. The number of nitrogens with zero attached hydrogens (tertiary/aromatic N) is 3. The Labute approximate surface area is 101 Å². The van der Waals surface area contributed by atoms with E-state index in [0.29, 0.717) is 13.1 Å². The van der Waals surface area contributed by atoms with Gasteiger partial charge in [-0.3, -0.25) is 9.48 Å². The van der Waals surface area contributed by atoms with Gasteiger partial charge in [-0.05, 0) is 19.2 Å². The van der Waals surface area contributed by atoms with Gasteiger partial charge in [0.25, 0.3) is 5.91 Å². The van der Waals surface area contributed by atoms with E-state index in [2.05, 4.69) is 23.8 Å². The van der Waals surface area contributed by atoms with Crippen LogP contribution in [0.2, 0.25) is 0 Å². The number of carbonyl (C=O) groups is 1. The number of nitrogens with two attached hydrogens (primary N) is 1. The molecule has 0 spiro atoms. The molecule has 1 rings (SSSR count). The van der Waals surface area contributed by atoms with Crippen LogP contribution in [0.3, 0.4) is 0 Å². The van der Waals surface area contributed by atoms with Crippen LogP contribution in [0.15, 0.2) is 12.3 Å². The zero-order valence-corrected chi connectivity index (χ0v) is 10.3. The van der Waals surface area contributed by atoms with Crippen molar-refractivity contribution in [2.24, 2.45) is 5.73 Å². The summed E-state index contributed by atoms with van der Waals surface area (Å²) >= 11 is 0. The molecule has 17 heavy (non-hydrogen) atoms. The average Bonchev–Trinajstić information content (AvgIpc) is 2.74. The van der Waals surface area contributed by atoms with Crippen molar-refractivity contribution in [3.63, 3.8) is 0 Å². The lowest BCUT2D eigenvalue weighted by Crippen LogP contribution is -2.34. The topological polar surface area (TPSA) is 84.4 Å². The Balaban J connectivity index is 2.49. The monoisotopic (exact) mass is 240 g/mol. The first-order valence-corrected chi connectivity index (χ1v) is 5.80. The molecular formula is C11H20N4O2. The third-order valence-electron chi connectivity index (χ3n) is 2.65. The first kappa shape index (κ1) is 13.7. The largest absolute Gasteiger partial charge is 0.390 e. The third kappa shape index (κ3) is 4.16. The second-order valence-electron chi connectivity index (χ2n) is 3.93. The minimum atomic E-state index is -0.554. The average molecular weight is 240 g/mol.